The Morgan fingerprint density at radius 3 is 2.92 bits per heavy atom. The van der Waals surface area contributed by atoms with Crippen LogP contribution in [-0.4, -0.2) is 32.3 Å². The van der Waals surface area contributed by atoms with Crippen molar-refractivity contribution in [1.82, 2.24) is 5.32 Å². The fourth-order valence-electron chi connectivity index (χ4n) is 2.44. The van der Waals surface area contributed by atoms with E-state index in [1.54, 1.807) is 13.2 Å². The van der Waals surface area contributed by atoms with Crippen LogP contribution in [0.4, 0.5) is 0 Å². The van der Waals surface area contributed by atoms with Gasteiger partial charge in [-0.05, 0) is 36.4 Å². The summed E-state index contributed by atoms with van der Waals surface area (Å²) in [5.41, 5.74) is 0.818. The molecule has 0 radical (unpaired) electrons. The number of benzene rings is 2. The Bertz CT molecular complexity index is 791. The van der Waals surface area contributed by atoms with Gasteiger partial charge in [0.25, 0.3) is 0 Å². The Labute approximate surface area is 154 Å². The second-order valence-electron chi connectivity index (χ2n) is 5.46. The van der Waals surface area contributed by atoms with Gasteiger partial charge in [-0.3, -0.25) is 4.79 Å². The van der Waals surface area contributed by atoms with Crippen LogP contribution in [0.5, 0.6) is 17.2 Å². The first-order valence-corrected chi connectivity index (χ1v) is 8.63. The molecule has 6 heteroatoms. The predicted molar refractivity (Wildman–Crippen MR) is 99.1 cm³/mol. The third-order valence-electron chi connectivity index (χ3n) is 3.68. The van der Waals surface area contributed by atoms with Crippen molar-refractivity contribution in [1.29, 1.82) is 0 Å². The molecule has 1 aliphatic heterocycles. The number of fused-ring (bicyclic) bond motifs is 1. The van der Waals surface area contributed by atoms with Gasteiger partial charge in [0.05, 0.1) is 13.7 Å². The van der Waals surface area contributed by atoms with E-state index in [1.165, 1.54) is 6.08 Å². The Balaban J connectivity index is 1.54. The third-order valence-corrected chi connectivity index (χ3v) is 4.17. The number of rotatable bonds is 5. The van der Waals surface area contributed by atoms with Crippen LogP contribution in [-0.2, 0) is 4.79 Å². The number of para-hydroxylation sites is 2. The maximum atomic E-state index is 12.0. The highest BCUT2D eigenvalue weighted by atomic mass is 79.9. The number of halogens is 1. The molecule has 0 saturated carbocycles. The molecule has 0 spiro atoms. The van der Waals surface area contributed by atoms with Gasteiger partial charge >= 0.3 is 0 Å². The number of ether oxygens (including phenoxy) is 3. The lowest BCUT2D eigenvalue weighted by Gasteiger charge is -2.26. The lowest BCUT2D eigenvalue weighted by atomic mass is 10.2. The van der Waals surface area contributed by atoms with Gasteiger partial charge in [0.1, 0.15) is 18.5 Å². The highest BCUT2D eigenvalue weighted by molar-refractivity contribution is 9.10. The van der Waals surface area contributed by atoms with Crippen LogP contribution in [0.2, 0.25) is 0 Å². The fraction of sp³-hybridized carbons (Fsp3) is 0.211. The summed E-state index contributed by atoms with van der Waals surface area (Å²) in [6.45, 7) is 0.771. The van der Waals surface area contributed by atoms with Crippen molar-refractivity contribution in [2.75, 3.05) is 20.3 Å². The molecule has 1 N–H and O–H groups in total. The second kappa shape index (κ2) is 8.07. The highest BCUT2D eigenvalue weighted by Gasteiger charge is 2.20. The molecule has 1 heterocycles. The van der Waals surface area contributed by atoms with Crippen molar-refractivity contribution in [2.45, 2.75) is 6.10 Å². The molecular formula is C19H18BrNO4. The summed E-state index contributed by atoms with van der Waals surface area (Å²) in [7, 11) is 1.60. The molecule has 0 saturated heterocycles. The smallest absolute Gasteiger partial charge is 0.244 e. The SMILES string of the molecule is COc1ccc(Br)cc1/C=C/C(=O)NCC1COc2ccccc2O1. The molecule has 2 aromatic carbocycles. The minimum absolute atomic E-state index is 0.204. The van der Waals surface area contributed by atoms with E-state index in [2.05, 4.69) is 21.2 Å². The summed E-state index contributed by atoms with van der Waals surface area (Å²) < 4.78 is 17.6. The molecular weight excluding hydrogens is 386 g/mol. The lowest BCUT2D eigenvalue weighted by molar-refractivity contribution is -0.116. The van der Waals surface area contributed by atoms with Gasteiger partial charge in [-0.25, -0.2) is 0 Å². The summed E-state index contributed by atoms with van der Waals surface area (Å²) in [4.78, 5) is 12.0. The molecule has 2 aromatic rings. The van der Waals surface area contributed by atoms with E-state index in [0.717, 1.165) is 15.8 Å². The largest absolute Gasteiger partial charge is 0.496 e. The first-order chi connectivity index (χ1) is 12.2. The monoisotopic (exact) mass is 403 g/mol. The summed E-state index contributed by atoms with van der Waals surface area (Å²) in [5, 5.41) is 2.82. The number of carbonyl (C=O) groups is 1. The van der Waals surface area contributed by atoms with Crippen LogP contribution >= 0.6 is 15.9 Å². The van der Waals surface area contributed by atoms with Gasteiger partial charge in [0.15, 0.2) is 11.5 Å². The maximum absolute atomic E-state index is 12.0. The Hall–Kier alpha value is -2.47. The molecule has 3 rings (SSSR count). The van der Waals surface area contributed by atoms with E-state index in [4.69, 9.17) is 14.2 Å². The van der Waals surface area contributed by atoms with Crippen LogP contribution < -0.4 is 19.5 Å². The quantitative estimate of drug-likeness (QED) is 0.776. The molecule has 130 valence electrons. The van der Waals surface area contributed by atoms with Gasteiger partial charge in [-0.1, -0.05) is 28.1 Å². The second-order valence-corrected chi connectivity index (χ2v) is 6.38. The van der Waals surface area contributed by atoms with Crippen LogP contribution in [0, 0.1) is 0 Å². The standard InChI is InChI=1S/C19H18BrNO4/c1-23-16-8-7-14(20)10-13(16)6-9-19(22)21-11-15-12-24-17-4-2-3-5-18(17)25-15/h2-10,15H,11-12H2,1H3,(H,21,22)/b9-6+. The molecule has 0 fully saturated rings. The van der Waals surface area contributed by atoms with Crippen molar-refractivity contribution in [3.8, 4) is 17.2 Å². The van der Waals surface area contributed by atoms with Gasteiger partial charge in [-0.2, -0.15) is 0 Å². The Morgan fingerprint density at radius 2 is 2.12 bits per heavy atom. The summed E-state index contributed by atoms with van der Waals surface area (Å²) in [5.74, 6) is 1.92. The fourth-order valence-corrected chi connectivity index (χ4v) is 2.82. The van der Waals surface area contributed by atoms with Gasteiger partial charge in [0, 0.05) is 16.1 Å². The van der Waals surface area contributed by atoms with Crippen molar-refractivity contribution in [3.05, 3.63) is 58.6 Å². The molecule has 1 amide bonds. The van der Waals surface area contributed by atoms with Gasteiger partial charge in [0.2, 0.25) is 5.91 Å². The minimum atomic E-state index is -0.215. The molecule has 0 aliphatic carbocycles. The zero-order chi connectivity index (χ0) is 17.6. The molecule has 1 aliphatic rings. The molecule has 1 unspecified atom stereocenters. The zero-order valence-electron chi connectivity index (χ0n) is 13.7. The van der Waals surface area contributed by atoms with Gasteiger partial charge < -0.3 is 19.5 Å². The highest BCUT2D eigenvalue weighted by Crippen LogP contribution is 2.30. The summed E-state index contributed by atoms with van der Waals surface area (Å²) in [6, 6.07) is 13.1. The van der Waals surface area contributed by atoms with E-state index >= 15 is 0 Å². The van der Waals surface area contributed by atoms with E-state index in [9.17, 15) is 4.79 Å². The maximum Gasteiger partial charge on any atom is 0.244 e. The molecule has 0 aromatic heterocycles. The molecule has 25 heavy (non-hydrogen) atoms. The van der Waals surface area contributed by atoms with Crippen LogP contribution in [0.15, 0.2) is 53.0 Å². The van der Waals surface area contributed by atoms with Crippen LogP contribution in [0.25, 0.3) is 6.08 Å². The number of hydrogen-bond donors (Lipinski definition) is 1. The average molecular weight is 404 g/mol. The van der Waals surface area contributed by atoms with Crippen molar-refractivity contribution >= 4 is 27.9 Å². The summed E-state index contributed by atoms with van der Waals surface area (Å²) >= 11 is 3.41. The van der Waals surface area contributed by atoms with E-state index in [-0.39, 0.29) is 12.0 Å². The van der Waals surface area contributed by atoms with Crippen LogP contribution in [0.3, 0.4) is 0 Å². The molecule has 0 bridgehead atoms. The van der Waals surface area contributed by atoms with Crippen LogP contribution in [0.1, 0.15) is 5.56 Å². The topological polar surface area (TPSA) is 56.8 Å². The van der Waals surface area contributed by atoms with E-state index in [1.807, 2.05) is 42.5 Å². The lowest BCUT2D eigenvalue weighted by Crippen LogP contribution is -2.40. The number of hydrogen-bond acceptors (Lipinski definition) is 4. The first-order valence-electron chi connectivity index (χ1n) is 7.83. The molecule has 1 atom stereocenters. The number of nitrogens with one attached hydrogen (secondary N) is 1. The number of carbonyl (C=O) groups excluding carboxylic acids is 1. The van der Waals surface area contributed by atoms with Crippen molar-refractivity contribution in [3.63, 3.8) is 0 Å². The van der Waals surface area contributed by atoms with E-state index < -0.39 is 0 Å². The van der Waals surface area contributed by atoms with Crippen molar-refractivity contribution in [2.24, 2.45) is 0 Å². The normalized spacial score (nSPS) is 15.8. The Morgan fingerprint density at radius 1 is 1.32 bits per heavy atom. The summed E-state index contributed by atoms with van der Waals surface area (Å²) in [6.07, 6.45) is 2.97. The molecule has 5 nitrogen and oxygen atoms in total. The Kier molecular flexibility index (Phi) is 5.60. The third kappa shape index (κ3) is 4.54. The number of methoxy groups -OCH3 is 1. The zero-order valence-corrected chi connectivity index (χ0v) is 15.3. The first kappa shape index (κ1) is 17.4. The van der Waals surface area contributed by atoms with E-state index in [0.29, 0.717) is 24.7 Å². The number of amides is 1. The van der Waals surface area contributed by atoms with Gasteiger partial charge in [-0.15, -0.1) is 0 Å². The van der Waals surface area contributed by atoms with Crippen molar-refractivity contribution < 1.29 is 19.0 Å². The predicted octanol–water partition coefficient (Wildman–Crippen LogP) is 3.43. The average Bonchev–Trinajstić information content (AvgIpc) is 2.64. The minimum Gasteiger partial charge on any atom is -0.496 e.